The van der Waals surface area contributed by atoms with E-state index in [-0.39, 0.29) is 12.5 Å². The van der Waals surface area contributed by atoms with Crippen LogP contribution in [-0.2, 0) is 0 Å². The average molecular weight is 251 g/mol. The summed E-state index contributed by atoms with van der Waals surface area (Å²) in [7, 11) is 0. The number of aliphatic hydroxyl groups is 1. The molecular formula is C12H21N5O. The van der Waals surface area contributed by atoms with Crippen molar-refractivity contribution in [2.45, 2.75) is 38.6 Å². The van der Waals surface area contributed by atoms with Crippen molar-refractivity contribution in [3.05, 3.63) is 11.9 Å². The molecule has 18 heavy (non-hydrogen) atoms. The van der Waals surface area contributed by atoms with Crippen LogP contribution in [0.5, 0.6) is 0 Å². The number of hydrogen-bond donors (Lipinski definition) is 3. The molecule has 0 amide bonds. The molecule has 0 aromatic carbocycles. The average Bonchev–Trinajstić information content (AvgIpc) is 3.19. The van der Waals surface area contributed by atoms with Gasteiger partial charge >= 0.3 is 0 Å². The Hall–Kier alpha value is -1.40. The minimum absolute atomic E-state index is 0.128. The van der Waals surface area contributed by atoms with Crippen LogP contribution in [-0.4, -0.2) is 34.3 Å². The van der Waals surface area contributed by atoms with Crippen LogP contribution < -0.4 is 16.2 Å². The van der Waals surface area contributed by atoms with Gasteiger partial charge < -0.3 is 15.4 Å². The van der Waals surface area contributed by atoms with Gasteiger partial charge in [-0.05, 0) is 12.8 Å². The molecule has 0 bridgehead atoms. The van der Waals surface area contributed by atoms with Gasteiger partial charge in [0.15, 0.2) is 0 Å². The monoisotopic (exact) mass is 251 g/mol. The van der Waals surface area contributed by atoms with E-state index in [1.54, 1.807) is 0 Å². The third-order valence-electron chi connectivity index (χ3n) is 3.02. The van der Waals surface area contributed by atoms with Gasteiger partial charge in [0.25, 0.3) is 0 Å². The summed E-state index contributed by atoms with van der Waals surface area (Å²) in [6, 6.07) is 2.33. The second-order valence-electron chi connectivity index (χ2n) is 4.92. The van der Waals surface area contributed by atoms with Gasteiger partial charge in [0.2, 0.25) is 0 Å². The number of nitrogens with two attached hydrogens (primary N) is 1. The van der Waals surface area contributed by atoms with E-state index in [4.69, 9.17) is 10.9 Å². The number of anilines is 2. The van der Waals surface area contributed by atoms with E-state index >= 15 is 0 Å². The van der Waals surface area contributed by atoms with Crippen LogP contribution in [0.1, 0.15) is 38.4 Å². The lowest BCUT2D eigenvalue weighted by Crippen LogP contribution is -2.30. The Morgan fingerprint density at radius 3 is 2.72 bits per heavy atom. The second kappa shape index (κ2) is 5.49. The third kappa shape index (κ3) is 2.88. The molecule has 1 saturated carbocycles. The smallest absolute Gasteiger partial charge is 0.145 e. The minimum atomic E-state index is 0.128. The van der Waals surface area contributed by atoms with E-state index in [0.29, 0.717) is 18.4 Å². The molecule has 4 N–H and O–H groups in total. The van der Waals surface area contributed by atoms with Crippen LogP contribution in [0.15, 0.2) is 6.07 Å². The quantitative estimate of drug-likeness (QED) is 0.513. The Kier molecular flexibility index (Phi) is 3.98. The van der Waals surface area contributed by atoms with E-state index in [0.717, 1.165) is 24.5 Å². The Labute approximate surface area is 107 Å². The predicted octanol–water partition coefficient (Wildman–Crippen LogP) is 0.847. The molecule has 6 nitrogen and oxygen atoms in total. The highest BCUT2D eigenvalue weighted by atomic mass is 16.3. The molecule has 1 aliphatic rings. The van der Waals surface area contributed by atoms with Crippen molar-refractivity contribution in [3.8, 4) is 0 Å². The highest BCUT2D eigenvalue weighted by molar-refractivity contribution is 5.50. The van der Waals surface area contributed by atoms with Gasteiger partial charge in [0.05, 0.1) is 6.61 Å². The summed E-state index contributed by atoms with van der Waals surface area (Å²) in [5.74, 6) is 7.92. The number of rotatable bonds is 6. The van der Waals surface area contributed by atoms with Gasteiger partial charge in [-0.1, -0.05) is 13.8 Å². The fraction of sp³-hybridized carbons (Fsp3) is 0.667. The topological polar surface area (TPSA) is 87.3 Å². The van der Waals surface area contributed by atoms with Crippen molar-refractivity contribution in [2.24, 2.45) is 5.84 Å². The lowest BCUT2D eigenvalue weighted by Gasteiger charge is -2.23. The number of nitrogens with zero attached hydrogens (tertiary/aromatic N) is 3. The first-order valence-corrected chi connectivity index (χ1v) is 6.38. The lowest BCUT2D eigenvalue weighted by atomic mass is 10.2. The summed E-state index contributed by atoms with van der Waals surface area (Å²) >= 11 is 0. The largest absolute Gasteiger partial charge is 0.395 e. The van der Waals surface area contributed by atoms with Crippen molar-refractivity contribution >= 4 is 11.6 Å². The normalized spacial score (nSPS) is 14.9. The molecule has 2 rings (SSSR count). The van der Waals surface area contributed by atoms with Crippen molar-refractivity contribution < 1.29 is 5.11 Å². The first-order valence-electron chi connectivity index (χ1n) is 6.38. The number of aromatic nitrogens is 2. The molecule has 0 saturated heterocycles. The van der Waals surface area contributed by atoms with E-state index in [1.165, 1.54) is 0 Å². The van der Waals surface area contributed by atoms with Crippen LogP contribution in [0.4, 0.5) is 11.6 Å². The molecule has 0 atom stereocenters. The maximum atomic E-state index is 9.15. The molecule has 100 valence electrons. The van der Waals surface area contributed by atoms with Gasteiger partial charge in [-0.15, -0.1) is 0 Å². The first kappa shape index (κ1) is 13.0. The summed E-state index contributed by atoms with van der Waals surface area (Å²) in [4.78, 5) is 11.0. The molecule has 0 aliphatic heterocycles. The fourth-order valence-electron chi connectivity index (χ4n) is 1.91. The molecule has 0 radical (unpaired) electrons. The fourth-order valence-corrected chi connectivity index (χ4v) is 1.91. The Bertz CT molecular complexity index is 405. The SMILES string of the molecule is CC(C)c1nc(NN)cc(N(CCO)C2CC2)n1. The van der Waals surface area contributed by atoms with Crippen LogP contribution in [0.25, 0.3) is 0 Å². The number of hydrazine groups is 1. The highest BCUT2D eigenvalue weighted by Crippen LogP contribution is 2.31. The lowest BCUT2D eigenvalue weighted by molar-refractivity contribution is 0.301. The van der Waals surface area contributed by atoms with Gasteiger partial charge in [-0.25, -0.2) is 15.8 Å². The van der Waals surface area contributed by atoms with Gasteiger partial charge in [0, 0.05) is 24.6 Å². The molecule has 1 aliphatic carbocycles. The molecular weight excluding hydrogens is 230 g/mol. The van der Waals surface area contributed by atoms with Crippen LogP contribution in [0.3, 0.4) is 0 Å². The zero-order chi connectivity index (χ0) is 13.1. The van der Waals surface area contributed by atoms with Crippen molar-refractivity contribution in [3.63, 3.8) is 0 Å². The molecule has 1 heterocycles. The standard InChI is InChI=1S/C12H21N5O/c1-8(2)12-14-10(16-13)7-11(15-12)17(5-6-18)9-3-4-9/h7-9,18H,3-6,13H2,1-2H3,(H,14,15,16). The van der Waals surface area contributed by atoms with Crippen LogP contribution in [0, 0.1) is 0 Å². The summed E-state index contributed by atoms with van der Waals surface area (Å²) in [5.41, 5.74) is 2.58. The third-order valence-corrected chi connectivity index (χ3v) is 3.02. The molecule has 1 fully saturated rings. The number of aliphatic hydroxyl groups excluding tert-OH is 1. The summed E-state index contributed by atoms with van der Waals surface area (Å²) in [6.07, 6.45) is 2.32. The molecule has 1 aromatic heterocycles. The molecule has 1 aromatic rings. The van der Waals surface area contributed by atoms with E-state index in [9.17, 15) is 0 Å². The maximum absolute atomic E-state index is 9.15. The predicted molar refractivity (Wildman–Crippen MR) is 71.4 cm³/mol. The van der Waals surface area contributed by atoms with Gasteiger partial charge in [-0.3, -0.25) is 0 Å². The Morgan fingerprint density at radius 1 is 1.50 bits per heavy atom. The van der Waals surface area contributed by atoms with Gasteiger partial charge in [-0.2, -0.15) is 0 Å². The Balaban J connectivity index is 2.31. The van der Waals surface area contributed by atoms with Crippen molar-refractivity contribution in [2.75, 3.05) is 23.5 Å². The van der Waals surface area contributed by atoms with E-state index in [2.05, 4.69) is 20.3 Å². The molecule has 0 unspecified atom stereocenters. The zero-order valence-corrected chi connectivity index (χ0v) is 10.9. The van der Waals surface area contributed by atoms with Crippen LogP contribution in [0.2, 0.25) is 0 Å². The van der Waals surface area contributed by atoms with Crippen LogP contribution >= 0.6 is 0 Å². The molecule has 6 heteroatoms. The van der Waals surface area contributed by atoms with E-state index < -0.39 is 0 Å². The summed E-state index contributed by atoms with van der Waals surface area (Å²) in [6.45, 7) is 4.83. The van der Waals surface area contributed by atoms with Gasteiger partial charge in [0.1, 0.15) is 17.5 Å². The van der Waals surface area contributed by atoms with Crippen molar-refractivity contribution in [1.29, 1.82) is 0 Å². The first-order chi connectivity index (χ1) is 8.65. The minimum Gasteiger partial charge on any atom is -0.395 e. The molecule has 0 spiro atoms. The van der Waals surface area contributed by atoms with E-state index in [1.807, 2.05) is 19.9 Å². The highest BCUT2D eigenvalue weighted by Gasteiger charge is 2.30. The summed E-state index contributed by atoms with van der Waals surface area (Å²) < 4.78 is 0. The number of nitrogen functional groups attached to an aromatic ring is 1. The Morgan fingerprint density at radius 2 is 2.22 bits per heavy atom. The van der Waals surface area contributed by atoms with Crippen molar-refractivity contribution in [1.82, 2.24) is 9.97 Å². The number of hydrogen-bond acceptors (Lipinski definition) is 6. The maximum Gasteiger partial charge on any atom is 0.145 e. The summed E-state index contributed by atoms with van der Waals surface area (Å²) in [5, 5.41) is 9.15. The number of nitrogens with one attached hydrogen (secondary N) is 1. The zero-order valence-electron chi connectivity index (χ0n) is 10.9. The second-order valence-corrected chi connectivity index (χ2v) is 4.92.